The van der Waals surface area contributed by atoms with Crippen molar-refractivity contribution in [2.75, 3.05) is 0 Å². The second-order valence-electron chi connectivity index (χ2n) is 2.74. The lowest BCUT2D eigenvalue weighted by atomic mass is 10.2. The number of fused-ring (bicyclic) bond motifs is 1. The smallest absolute Gasteiger partial charge is 0.251 e. The van der Waals surface area contributed by atoms with Crippen LogP contribution in [0.1, 0.15) is 16.2 Å². The van der Waals surface area contributed by atoms with Crippen LogP contribution in [0.2, 0.25) is 0 Å². The number of H-pyrrole nitrogens is 1. The Morgan fingerprint density at radius 1 is 1.62 bits per heavy atom. The summed E-state index contributed by atoms with van der Waals surface area (Å²) in [5.41, 5.74) is 6.72. The molecule has 3 N–H and O–H groups in total. The van der Waals surface area contributed by atoms with Gasteiger partial charge in [0.25, 0.3) is 5.91 Å². The maximum Gasteiger partial charge on any atom is 0.251 e. The first-order chi connectivity index (χ1) is 6.18. The summed E-state index contributed by atoms with van der Waals surface area (Å²) >= 11 is 0. The van der Waals surface area contributed by atoms with Gasteiger partial charge in [-0.2, -0.15) is 0 Å². The maximum atomic E-state index is 11.0. The lowest BCUT2D eigenvalue weighted by Gasteiger charge is -1.94. The third-order valence-electron chi connectivity index (χ3n) is 1.78. The highest BCUT2D eigenvalue weighted by molar-refractivity contribution is 6.03. The molecular weight excluding hydrogens is 168 g/mol. The van der Waals surface area contributed by atoms with Gasteiger partial charge < -0.3 is 10.7 Å². The third-order valence-corrected chi connectivity index (χ3v) is 1.78. The Labute approximate surface area is 74.0 Å². The van der Waals surface area contributed by atoms with E-state index in [-0.39, 0.29) is 0 Å². The molecule has 0 aromatic carbocycles. The minimum absolute atomic E-state index is 0.422. The number of nitrogens with two attached hydrogens (primary N) is 1. The van der Waals surface area contributed by atoms with Gasteiger partial charge >= 0.3 is 0 Å². The zero-order valence-electron chi connectivity index (χ0n) is 7.03. The number of carbonyl (C=O) groups excluding carboxylic acids is 1. The van der Waals surface area contributed by atoms with Crippen molar-refractivity contribution >= 4 is 17.1 Å². The highest BCUT2D eigenvalue weighted by atomic mass is 16.1. The molecule has 0 fully saturated rings. The molecule has 0 saturated carbocycles. The molecule has 66 valence electrons. The summed E-state index contributed by atoms with van der Waals surface area (Å²) in [6.45, 7) is 1.80. The zero-order valence-corrected chi connectivity index (χ0v) is 7.03. The second kappa shape index (κ2) is 2.55. The van der Waals surface area contributed by atoms with Gasteiger partial charge in [0.15, 0.2) is 5.65 Å². The zero-order chi connectivity index (χ0) is 9.42. The van der Waals surface area contributed by atoms with Crippen molar-refractivity contribution < 1.29 is 4.79 Å². The number of amides is 1. The van der Waals surface area contributed by atoms with Crippen LogP contribution in [0.5, 0.6) is 0 Å². The number of hydrogen-bond acceptors (Lipinski definition) is 3. The van der Waals surface area contributed by atoms with Gasteiger partial charge in [0, 0.05) is 6.20 Å². The van der Waals surface area contributed by atoms with E-state index in [2.05, 4.69) is 15.0 Å². The molecule has 2 aromatic heterocycles. The summed E-state index contributed by atoms with van der Waals surface area (Å²) in [7, 11) is 0. The number of hydrogen-bond donors (Lipinski definition) is 2. The van der Waals surface area contributed by atoms with E-state index in [1.807, 2.05) is 0 Å². The molecule has 0 spiro atoms. The van der Waals surface area contributed by atoms with E-state index >= 15 is 0 Å². The van der Waals surface area contributed by atoms with Crippen molar-refractivity contribution in [3.8, 4) is 0 Å². The van der Waals surface area contributed by atoms with Crippen molar-refractivity contribution in [3.63, 3.8) is 0 Å². The Balaban J connectivity index is 2.82. The molecule has 0 saturated heterocycles. The Bertz CT molecular complexity index is 474. The van der Waals surface area contributed by atoms with Gasteiger partial charge in [0.05, 0.1) is 11.1 Å². The van der Waals surface area contributed by atoms with Crippen molar-refractivity contribution in [2.45, 2.75) is 6.92 Å². The first-order valence-corrected chi connectivity index (χ1v) is 3.79. The van der Waals surface area contributed by atoms with Crippen LogP contribution in [0.4, 0.5) is 0 Å². The fourth-order valence-electron chi connectivity index (χ4n) is 1.23. The van der Waals surface area contributed by atoms with E-state index in [1.54, 1.807) is 13.0 Å². The summed E-state index contributed by atoms with van der Waals surface area (Å²) in [5, 5.41) is 0. The number of pyridine rings is 1. The molecule has 0 bridgehead atoms. The van der Waals surface area contributed by atoms with E-state index in [0.717, 1.165) is 5.82 Å². The highest BCUT2D eigenvalue weighted by Gasteiger charge is 2.09. The summed E-state index contributed by atoms with van der Waals surface area (Å²) in [6.07, 6.45) is 1.52. The maximum absolute atomic E-state index is 11.0. The normalized spacial score (nSPS) is 10.5. The highest BCUT2D eigenvalue weighted by Crippen LogP contribution is 2.12. The van der Waals surface area contributed by atoms with Crippen LogP contribution < -0.4 is 5.73 Å². The van der Waals surface area contributed by atoms with E-state index < -0.39 is 5.91 Å². The Morgan fingerprint density at radius 2 is 2.38 bits per heavy atom. The summed E-state index contributed by atoms with van der Waals surface area (Å²) in [4.78, 5) is 22.0. The van der Waals surface area contributed by atoms with Crippen molar-refractivity contribution in [3.05, 3.63) is 23.7 Å². The van der Waals surface area contributed by atoms with E-state index in [0.29, 0.717) is 16.7 Å². The predicted molar refractivity (Wildman–Crippen MR) is 47.1 cm³/mol. The van der Waals surface area contributed by atoms with Crippen LogP contribution in [0.25, 0.3) is 11.2 Å². The topological polar surface area (TPSA) is 84.7 Å². The van der Waals surface area contributed by atoms with Crippen molar-refractivity contribution in [1.29, 1.82) is 0 Å². The standard InChI is InChI=1S/C8H8N4O/c1-4-11-6-5(7(9)13)2-3-10-8(6)12-4/h2-3H,1H3,(H2,9,13)(H,10,11,12). The fourth-order valence-corrected chi connectivity index (χ4v) is 1.23. The average Bonchev–Trinajstić information content (AvgIpc) is 2.43. The van der Waals surface area contributed by atoms with Crippen LogP contribution in [-0.2, 0) is 0 Å². The summed E-state index contributed by atoms with van der Waals surface area (Å²) in [5.74, 6) is 0.243. The van der Waals surface area contributed by atoms with Crippen LogP contribution in [0.3, 0.4) is 0 Å². The number of aromatic amines is 1. The second-order valence-corrected chi connectivity index (χ2v) is 2.74. The molecule has 0 aliphatic rings. The number of aromatic nitrogens is 3. The van der Waals surface area contributed by atoms with Crippen molar-refractivity contribution in [1.82, 2.24) is 15.0 Å². The van der Waals surface area contributed by atoms with Gasteiger partial charge in [-0.05, 0) is 13.0 Å². The molecule has 2 aromatic rings. The van der Waals surface area contributed by atoms with Crippen molar-refractivity contribution in [2.24, 2.45) is 5.73 Å². The Kier molecular flexibility index (Phi) is 1.51. The summed E-state index contributed by atoms with van der Waals surface area (Å²) in [6, 6.07) is 1.57. The monoisotopic (exact) mass is 176 g/mol. The molecular formula is C8H8N4O. The van der Waals surface area contributed by atoms with E-state index in [9.17, 15) is 4.79 Å². The van der Waals surface area contributed by atoms with Crippen LogP contribution in [-0.4, -0.2) is 20.9 Å². The molecule has 0 atom stereocenters. The number of rotatable bonds is 1. The molecule has 0 unspecified atom stereocenters. The van der Waals surface area contributed by atoms with Gasteiger partial charge in [-0.1, -0.05) is 0 Å². The quantitative estimate of drug-likeness (QED) is 0.658. The van der Waals surface area contributed by atoms with Gasteiger partial charge in [-0.3, -0.25) is 4.79 Å². The molecule has 1 amide bonds. The predicted octanol–water partition coefficient (Wildman–Crippen LogP) is 0.365. The lowest BCUT2D eigenvalue weighted by molar-refractivity contribution is 0.100. The average molecular weight is 176 g/mol. The van der Waals surface area contributed by atoms with Gasteiger partial charge in [-0.25, -0.2) is 9.97 Å². The molecule has 2 rings (SSSR count). The third kappa shape index (κ3) is 1.14. The molecule has 0 aliphatic carbocycles. The number of primary amides is 1. The number of imidazole rings is 1. The van der Waals surface area contributed by atoms with Crippen LogP contribution in [0.15, 0.2) is 12.3 Å². The van der Waals surface area contributed by atoms with Gasteiger partial charge in [0.1, 0.15) is 5.82 Å². The Morgan fingerprint density at radius 3 is 3.08 bits per heavy atom. The minimum Gasteiger partial charge on any atom is -0.366 e. The number of aryl methyl sites for hydroxylation is 1. The lowest BCUT2D eigenvalue weighted by Crippen LogP contribution is -2.11. The number of nitrogens with zero attached hydrogens (tertiary/aromatic N) is 2. The molecule has 5 heteroatoms. The van der Waals surface area contributed by atoms with Crippen LogP contribution in [0, 0.1) is 6.92 Å². The largest absolute Gasteiger partial charge is 0.366 e. The SMILES string of the molecule is Cc1nc2nccc(C(N)=O)c2[nH]1. The van der Waals surface area contributed by atoms with Gasteiger partial charge in [-0.15, -0.1) is 0 Å². The number of nitrogens with one attached hydrogen (secondary N) is 1. The van der Waals surface area contributed by atoms with E-state index in [4.69, 9.17) is 5.73 Å². The fraction of sp³-hybridized carbons (Fsp3) is 0.125. The van der Waals surface area contributed by atoms with E-state index in [1.165, 1.54) is 6.20 Å². The first kappa shape index (κ1) is 7.72. The number of carbonyl (C=O) groups is 1. The minimum atomic E-state index is -0.476. The molecule has 0 aliphatic heterocycles. The first-order valence-electron chi connectivity index (χ1n) is 3.79. The summed E-state index contributed by atoms with van der Waals surface area (Å²) < 4.78 is 0. The molecule has 0 radical (unpaired) electrons. The molecule has 5 nitrogen and oxygen atoms in total. The van der Waals surface area contributed by atoms with Crippen LogP contribution >= 0.6 is 0 Å². The van der Waals surface area contributed by atoms with Gasteiger partial charge in [0.2, 0.25) is 0 Å². The Hall–Kier alpha value is -1.91. The molecule has 13 heavy (non-hydrogen) atoms. The molecule has 2 heterocycles.